The van der Waals surface area contributed by atoms with E-state index in [0.29, 0.717) is 13.2 Å². The predicted molar refractivity (Wildman–Crippen MR) is 72.5 cm³/mol. The number of ether oxygens (including phenoxy) is 2. The summed E-state index contributed by atoms with van der Waals surface area (Å²) in [6, 6.07) is 9.02. The number of carbonyl (C=O) groups is 1. The highest BCUT2D eigenvalue weighted by molar-refractivity contribution is 5.97. The quantitative estimate of drug-likeness (QED) is 0.447. The van der Waals surface area contributed by atoms with Crippen molar-refractivity contribution >= 4 is 12.0 Å². The van der Waals surface area contributed by atoms with Gasteiger partial charge in [0, 0.05) is 0 Å². The van der Waals surface area contributed by atoms with Crippen LogP contribution in [0.2, 0.25) is 0 Å². The molecule has 1 aromatic carbocycles. The Kier molecular flexibility index (Phi) is 6.17. The Labute approximate surface area is 113 Å². The Bertz CT molecular complexity index is 483. The smallest absolute Gasteiger partial charge is 0.348 e. The van der Waals surface area contributed by atoms with Gasteiger partial charge in [-0.2, -0.15) is 5.26 Å². The lowest BCUT2D eigenvalue weighted by Gasteiger charge is -2.03. The van der Waals surface area contributed by atoms with E-state index in [9.17, 15) is 4.79 Å². The van der Waals surface area contributed by atoms with Crippen molar-refractivity contribution in [3.63, 3.8) is 0 Å². The van der Waals surface area contributed by atoms with Crippen molar-refractivity contribution in [2.75, 3.05) is 13.2 Å². The van der Waals surface area contributed by atoms with Crippen LogP contribution in [0.15, 0.2) is 29.8 Å². The van der Waals surface area contributed by atoms with Crippen molar-refractivity contribution in [3.8, 4) is 11.8 Å². The number of nitriles is 1. The van der Waals surface area contributed by atoms with Gasteiger partial charge in [-0.15, -0.1) is 0 Å². The van der Waals surface area contributed by atoms with Crippen LogP contribution in [0, 0.1) is 11.3 Å². The maximum atomic E-state index is 11.6. The molecule has 1 aromatic rings. The maximum absolute atomic E-state index is 11.6. The van der Waals surface area contributed by atoms with Crippen molar-refractivity contribution in [2.45, 2.75) is 20.3 Å². The summed E-state index contributed by atoms with van der Waals surface area (Å²) in [4.78, 5) is 11.6. The third-order valence-electron chi connectivity index (χ3n) is 2.28. The molecule has 4 heteroatoms. The molecular formula is C15H17NO3. The minimum atomic E-state index is -0.585. The van der Waals surface area contributed by atoms with Crippen LogP contribution in [-0.2, 0) is 9.53 Å². The van der Waals surface area contributed by atoms with Gasteiger partial charge >= 0.3 is 5.97 Å². The molecule has 0 aliphatic carbocycles. The number of benzene rings is 1. The summed E-state index contributed by atoms with van der Waals surface area (Å²) in [5.74, 6) is 0.171. The Morgan fingerprint density at radius 3 is 2.53 bits per heavy atom. The first-order chi connectivity index (χ1) is 9.21. The summed E-state index contributed by atoms with van der Waals surface area (Å²) in [7, 11) is 0. The zero-order chi connectivity index (χ0) is 14.1. The average molecular weight is 259 g/mol. The average Bonchev–Trinajstić information content (AvgIpc) is 2.44. The molecule has 0 fully saturated rings. The van der Waals surface area contributed by atoms with Crippen LogP contribution in [0.3, 0.4) is 0 Å². The Morgan fingerprint density at radius 1 is 1.32 bits per heavy atom. The lowest BCUT2D eigenvalue weighted by Crippen LogP contribution is -2.07. The molecule has 0 unspecified atom stereocenters. The largest absolute Gasteiger partial charge is 0.494 e. The van der Waals surface area contributed by atoms with Crippen LogP contribution >= 0.6 is 0 Å². The molecule has 4 nitrogen and oxygen atoms in total. The van der Waals surface area contributed by atoms with Crippen LogP contribution in [-0.4, -0.2) is 19.2 Å². The zero-order valence-corrected chi connectivity index (χ0v) is 11.2. The van der Waals surface area contributed by atoms with Gasteiger partial charge < -0.3 is 9.47 Å². The van der Waals surface area contributed by atoms with Gasteiger partial charge in [0.2, 0.25) is 0 Å². The molecule has 0 radical (unpaired) electrons. The second kappa shape index (κ2) is 7.93. The van der Waals surface area contributed by atoms with E-state index in [4.69, 9.17) is 14.7 Å². The molecule has 0 bridgehead atoms. The van der Waals surface area contributed by atoms with Crippen LogP contribution < -0.4 is 4.74 Å². The van der Waals surface area contributed by atoms with Crippen molar-refractivity contribution in [1.82, 2.24) is 0 Å². The number of rotatable bonds is 6. The van der Waals surface area contributed by atoms with Crippen LogP contribution in [0.4, 0.5) is 0 Å². The first-order valence-corrected chi connectivity index (χ1v) is 6.23. The Hall–Kier alpha value is -2.28. The molecule has 1 rings (SSSR count). The summed E-state index contributed by atoms with van der Waals surface area (Å²) in [6.45, 7) is 4.73. The topological polar surface area (TPSA) is 59.3 Å². The highest BCUT2D eigenvalue weighted by Crippen LogP contribution is 2.15. The van der Waals surface area contributed by atoms with E-state index in [1.807, 2.05) is 19.9 Å². The molecule has 0 spiro atoms. The highest BCUT2D eigenvalue weighted by Gasteiger charge is 2.09. The predicted octanol–water partition coefficient (Wildman–Crippen LogP) is 2.95. The lowest BCUT2D eigenvalue weighted by molar-refractivity contribution is -0.138. The highest BCUT2D eigenvalue weighted by atomic mass is 16.5. The van der Waals surface area contributed by atoms with Gasteiger partial charge in [0.1, 0.15) is 17.4 Å². The summed E-state index contributed by atoms with van der Waals surface area (Å²) >= 11 is 0. The molecule has 0 N–H and O–H groups in total. The van der Waals surface area contributed by atoms with Crippen molar-refractivity contribution < 1.29 is 14.3 Å². The van der Waals surface area contributed by atoms with Crippen molar-refractivity contribution in [1.29, 1.82) is 5.26 Å². The number of carbonyl (C=O) groups excluding carboxylic acids is 1. The standard InChI is InChI=1S/C15H17NO3/c1-3-9-19-15(17)13(11-16)10-12-5-7-14(8-6-12)18-4-2/h5-8,10H,3-4,9H2,1-2H3/b13-10+. The van der Waals surface area contributed by atoms with Gasteiger partial charge in [-0.25, -0.2) is 4.79 Å². The van der Waals surface area contributed by atoms with Gasteiger partial charge in [-0.05, 0) is 37.1 Å². The summed E-state index contributed by atoms with van der Waals surface area (Å²) in [5.41, 5.74) is 0.756. The molecule has 19 heavy (non-hydrogen) atoms. The van der Waals surface area contributed by atoms with Gasteiger partial charge in [-0.1, -0.05) is 19.1 Å². The number of nitrogens with zero attached hydrogens (tertiary/aromatic N) is 1. The second-order valence-electron chi connectivity index (χ2n) is 3.81. The minimum absolute atomic E-state index is 0.00221. The van der Waals surface area contributed by atoms with Crippen LogP contribution in [0.5, 0.6) is 5.75 Å². The molecule has 0 saturated heterocycles. The first-order valence-electron chi connectivity index (χ1n) is 6.23. The molecule has 0 aliphatic heterocycles. The Morgan fingerprint density at radius 2 is 2.00 bits per heavy atom. The third-order valence-corrected chi connectivity index (χ3v) is 2.28. The SMILES string of the molecule is CCCOC(=O)/C(C#N)=C/c1ccc(OCC)cc1. The Balaban J connectivity index is 2.80. The van der Waals surface area contributed by atoms with E-state index in [1.54, 1.807) is 24.3 Å². The normalized spacial score (nSPS) is 10.7. The fraction of sp³-hybridized carbons (Fsp3) is 0.333. The summed E-state index contributed by atoms with van der Waals surface area (Å²) < 4.78 is 10.2. The minimum Gasteiger partial charge on any atom is -0.494 e. The van der Waals surface area contributed by atoms with E-state index >= 15 is 0 Å². The van der Waals surface area contributed by atoms with E-state index in [0.717, 1.165) is 17.7 Å². The molecule has 0 atom stereocenters. The fourth-order valence-corrected chi connectivity index (χ4v) is 1.40. The number of hydrogen-bond acceptors (Lipinski definition) is 4. The maximum Gasteiger partial charge on any atom is 0.348 e. The molecular weight excluding hydrogens is 242 g/mol. The summed E-state index contributed by atoms with van der Waals surface area (Å²) in [6.07, 6.45) is 2.24. The first kappa shape index (κ1) is 14.8. The van der Waals surface area contributed by atoms with Crippen LogP contribution in [0.25, 0.3) is 6.08 Å². The number of hydrogen-bond donors (Lipinski definition) is 0. The molecule has 0 saturated carbocycles. The van der Waals surface area contributed by atoms with Crippen LogP contribution in [0.1, 0.15) is 25.8 Å². The van der Waals surface area contributed by atoms with Gasteiger partial charge in [-0.3, -0.25) is 0 Å². The van der Waals surface area contributed by atoms with Crippen molar-refractivity contribution in [2.24, 2.45) is 0 Å². The van der Waals surface area contributed by atoms with Gasteiger partial charge in [0.25, 0.3) is 0 Å². The third kappa shape index (κ3) is 4.84. The van der Waals surface area contributed by atoms with E-state index in [1.165, 1.54) is 6.08 Å². The monoisotopic (exact) mass is 259 g/mol. The molecule has 100 valence electrons. The van der Waals surface area contributed by atoms with E-state index < -0.39 is 5.97 Å². The zero-order valence-electron chi connectivity index (χ0n) is 11.2. The molecule has 0 heterocycles. The van der Waals surface area contributed by atoms with Gasteiger partial charge in [0.15, 0.2) is 0 Å². The van der Waals surface area contributed by atoms with Crippen molar-refractivity contribution in [3.05, 3.63) is 35.4 Å². The molecule has 0 aliphatic rings. The van der Waals surface area contributed by atoms with E-state index in [-0.39, 0.29) is 5.57 Å². The van der Waals surface area contributed by atoms with E-state index in [2.05, 4.69) is 0 Å². The second-order valence-corrected chi connectivity index (χ2v) is 3.81. The summed E-state index contributed by atoms with van der Waals surface area (Å²) in [5, 5.41) is 8.95. The van der Waals surface area contributed by atoms with Gasteiger partial charge in [0.05, 0.1) is 13.2 Å². The lowest BCUT2D eigenvalue weighted by atomic mass is 10.1. The fourth-order valence-electron chi connectivity index (χ4n) is 1.40. The molecule has 0 aromatic heterocycles. The molecule has 0 amide bonds. The number of esters is 1.